The molecule has 0 N–H and O–H groups in total. The van der Waals surface area contributed by atoms with Crippen LogP contribution in [0.4, 0.5) is 4.39 Å². The number of rotatable bonds is 6. The van der Waals surface area contributed by atoms with Crippen molar-refractivity contribution in [1.82, 2.24) is 0 Å². The minimum atomic E-state index is -1.85. The Morgan fingerprint density at radius 2 is 1.65 bits per heavy atom. The lowest BCUT2D eigenvalue weighted by atomic mass is 10.1. The molecule has 1 aromatic rings. The summed E-state index contributed by atoms with van der Waals surface area (Å²) in [6.07, 6.45) is -3.04. The van der Waals surface area contributed by atoms with Crippen LogP contribution in [0.2, 0.25) is 0 Å². The Bertz CT molecular complexity index is 359. The van der Waals surface area contributed by atoms with Crippen LogP contribution in [-0.2, 0) is 9.47 Å². The van der Waals surface area contributed by atoms with E-state index in [1.165, 1.54) is 33.5 Å². The van der Waals surface area contributed by atoms with Gasteiger partial charge in [-0.2, -0.15) is 0 Å². The summed E-state index contributed by atoms with van der Waals surface area (Å²) in [7, 11) is 4.07. The molecule has 0 radical (unpaired) electrons. The number of benzene rings is 1. The largest absolute Gasteiger partial charge is 0.497 e. The van der Waals surface area contributed by atoms with Gasteiger partial charge in [-0.15, -0.1) is 0 Å². The summed E-state index contributed by atoms with van der Waals surface area (Å²) in [5.74, 6) is -0.0756. The molecule has 0 aliphatic rings. The zero-order chi connectivity index (χ0) is 12.8. The molecular formula is C12H15FO4. The molecule has 0 amide bonds. The fraction of sp³-hybridized carbons (Fsp3) is 0.417. The van der Waals surface area contributed by atoms with Gasteiger partial charge in [-0.05, 0) is 24.3 Å². The molecular weight excluding hydrogens is 227 g/mol. The summed E-state index contributed by atoms with van der Waals surface area (Å²) < 4.78 is 28.1. The van der Waals surface area contributed by atoms with Crippen LogP contribution in [0, 0.1) is 0 Å². The van der Waals surface area contributed by atoms with Gasteiger partial charge < -0.3 is 14.2 Å². The van der Waals surface area contributed by atoms with Crippen LogP contribution in [0.5, 0.6) is 5.75 Å². The Morgan fingerprint density at radius 1 is 1.12 bits per heavy atom. The highest BCUT2D eigenvalue weighted by Crippen LogP contribution is 2.16. The Morgan fingerprint density at radius 3 is 2.06 bits per heavy atom. The van der Waals surface area contributed by atoms with Gasteiger partial charge in [-0.1, -0.05) is 0 Å². The Labute approximate surface area is 99.3 Å². The molecule has 0 saturated carbocycles. The second-order valence-electron chi connectivity index (χ2n) is 3.33. The lowest BCUT2D eigenvalue weighted by Gasteiger charge is -2.16. The highest BCUT2D eigenvalue weighted by atomic mass is 19.1. The van der Waals surface area contributed by atoms with E-state index in [9.17, 15) is 9.18 Å². The van der Waals surface area contributed by atoms with Crippen LogP contribution in [0.15, 0.2) is 24.3 Å². The number of halogens is 1. The average molecular weight is 242 g/mol. The number of carbonyl (C=O) groups excluding carboxylic acids is 1. The first-order valence-electron chi connectivity index (χ1n) is 5.02. The highest BCUT2D eigenvalue weighted by Gasteiger charge is 2.28. The van der Waals surface area contributed by atoms with Crippen LogP contribution < -0.4 is 4.74 Å². The number of ether oxygens (including phenoxy) is 3. The minimum Gasteiger partial charge on any atom is -0.497 e. The van der Waals surface area contributed by atoms with E-state index in [0.717, 1.165) is 0 Å². The number of methoxy groups -OCH3 is 3. The van der Waals surface area contributed by atoms with Crippen LogP contribution in [0.3, 0.4) is 0 Å². The van der Waals surface area contributed by atoms with Gasteiger partial charge >= 0.3 is 0 Å². The molecule has 0 spiro atoms. The third kappa shape index (κ3) is 3.25. The zero-order valence-corrected chi connectivity index (χ0v) is 9.98. The van der Waals surface area contributed by atoms with Crippen LogP contribution >= 0.6 is 0 Å². The summed E-state index contributed by atoms with van der Waals surface area (Å²) in [6, 6.07) is 6.18. The number of carbonyl (C=O) groups is 1. The SMILES string of the molecule is COc1ccc(C(=O)C(F)C(OC)OC)cc1. The minimum absolute atomic E-state index is 0.248. The Kier molecular flexibility index (Phi) is 5.06. The lowest BCUT2D eigenvalue weighted by molar-refractivity contribution is -0.131. The van der Waals surface area contributed by atoms with Gasteiger partial charge in [-0.25, -0.2) is 4.39 Å². The molecule has 0 saturated heterocycles. The first kappa shape index (κ1) is 13.6. The van der Waals surface area contributed by atoms with E-state index in [2.05, 4.69) is 0 Å². The fourth-order valence-corrected chi connectivity index (χ4v) is 1.37. The molecule has 1 unspecified atom stereocenters. The second-order valence-corrected chi connectivity index (χ2v) is 3.33. The third-order valence-corrected chi connectivity index (χ3v) is 2.33. The fourth-order valence-electron chi connectivity index (χ4n) is 1.37. The van der Waals surface area contributed by atoms with Crippen molar-refractivity contribution in [3.8, 4) is 5.75 Å². The Balaban J connectivity index is 2.80. The molecule has 5 heteroatoms. The molecule has 0 aliphatic heterocycles. The molecule has 0 aliphatic carbocycles. The van der Waals surface area contributed by atoms with Crippen LogP contribution in [0.25, 0.3) is 0 Å². The van der Waals surface area contributed by atoms with Crippen molar-refractivity contribution in [3.63, 3.8) is 0 Å². The molecule has 0 heterocycles. The van der Waals surface area contributed by atoms with Gasteiger partial charge in [0, 0.05) is 19.8 Å². The van der Waals surface area contributed by atoms with Gasteiger partial charge in [0.2, 0.25) is 12.0 Å². The summed E-state index contributed by atoms with van der Waals surface area (Å²) >= 11 is 0. The van der Waals surface area contributed by atoms with Crippen molar-refractivity contribution in [2.45, 2.75) is 12.5 Å². The number of alkyl halides is 1. The second kappa shape index (κ2) is 6.32. The standard InChI is InChI=1S/C12H15FO4/c1-15-9-6-4-8(5-7-9)11(14)10(13)12(16-2)17-3/h4-7,10,12H,1-3H3. The number of hydrogen-bond acceptors (Lipinski definition) is 4. The normalized spacial score (nSPS) is 12.5. The Hall–Kier alpha value is -1.46. The first-order chi connectivity index (χ1) is 8.13. The van der Waals surface area contributed by atoms with Crippen molar-refractivity contribution >= 4 is 5.78 Å². The van der Waals surface area contributed by atoms with E-state index in [0.29, 0.717) is 5.75 Å². The van der Waals surface area contributed by atoms with Gasteiger partial charge in [0.1, 0.15) is 5.75 Å². The van der Waals surface area contributed by atoms with E-state index >= 15 is 0 Å². The molecule has 0 fully saturated rings. The maximum absolute atomic E-state index is 13.7. The van der Waals surface area contributed by atoms with E-state index < -0.39 is 18.2 Å². The van der Waals surface area contributed by atoms with E-state index in [4.69, 9.17) is 14.2 Å². The van der Waals surface area contributed by atoms with Crippen LogP contribution in [-0.4, -0.2) is 39.6 Å². The molecule has 0 bridgehead atoms. The molecule has 1 aromatic carbocycles. The molecule has 4 nitrogen and oxygen atoms in total. The molecule has 94 valence electrons. The number of Topliss-reactive ketones (excluding diaryl/α,β-unsaturated/α-hetero) is 1. The average Bonchev–Trinajstić information content (AvgIpc) is 2.39. The summed E-state index contributed by atoms with van der Waals surface area (Å²) in [4.78, 5) is 11.7. The van der Waals surface area contributed by atoms with Gasteiger partial charge in [0.15, 0.2) is 6.29 Å². The van der Waals surface area contributed by atoms with Gasteiger partial charge in [0.05, 0.1) is 7.11 Å². The van der Waals surface area contributed by atoms with E-state index in [1.54, 1.807) is 12.1 Å². The maximum Gasteiger partial charge on any atom is 0.213 e. The molecule has 1 rings (SSSR count). The van der Waals surface area contributed by atoms with Crippen molar-refractivity contribution < 1.29 is 23.4 Å². The summed E-state index contributed by atoms with van der Waals surface area (Å²) in [5, 5.41) is 0. The summed E-state index contributed by atoms with van der Waals surface area (Å²) in [5.41, 5.74) is 0.248. The van der Waals surface area contributed by atoms with Crippen LogP contribution in [0.1, 0.15) is 10.4 Å². The smallest absolute Gasteiger partial charge is 0.213 e. The lowest BCUT2D eigenvalue weighted by Crippen LogP contribution is -2.33. The number of ketones is 1. The zero-order valence-electron chi connectivity index (χ0n) is 9.98. The van der Waals surface area contributed by atoms with Gasteiger partial charge in [0.25, 0.3) is 0 Å². The third-order valence-electron chi connectivity index (χ3n) is 2.33. The van der Waals surface area contributed by atoms with Crippen molar-refractivity contribution in [2.75, 3.05) is 21.3 Å². The topological polar surface area (TPSA) is 44.8 Å². The molecule has 17 heavy (non-hydrogen) atoms. The van der Waals surface area contributed by atoms with Gasteiger partial charge in [-0.3, -0.25) is 4.79 Å². The quantitative estimate of drug-likeness (QED) is 0.564. The highest BCUT2D eigenvalue weighted by molar-refractivity contribution is 5.99. The first-order valence-corrected chi connectivity index (χ1v) is 5.02. The predicted molar refractivity (Wildman–Crippen MR) is 60.0 cm³/mol. The van der Waals surface area contributed by atoms with Crippen molar-refractivity contribution in [2.24, 2.45) is 0 Å². The van der Waals surface area contributed by atoms with E-state index in [1.807, 2.05) is 0 Å². The maximum atomic E-state index is 13.7. The number of hydrogen-bond donors (Lipinski definition) is 0. The molecule has 1 atom stereocenters. The van der Waals surface area contributed by atoms with Crippen molar-refractivity contribution in [1.29, 1.82) is 0 Å². The monoisotopic (exact) mass is 242 g/mol. The van der Waals surface area contributed by atoms with Crippen molar-refractivity contribution in [3.05, 3.63) is 29.8 Å². The molecule has 0 aromatic heterocycles. The van der Waals surface area contributed by atoms with E-state index in [-0.39, 0.29) is 5.56 Å². The summed E-state index contributed by atoms with van der Waals surface area (Å²) in [6.45, 7) is 0. The predicted octanol–water partition coefficient (Wildman–Crippen LogP) is 1.83.